The van der Waals surface area contributed by atoms with E-state index >= 15 is 0 Å². The van der Waals surface area contributed by atoms with Crippen LogP contribution in [-0.4, -0.2) is 9.97 Å². The minimum Gasteiger partial charge on any atom is -0.343 e. The van der Waals surface area contributed by atoms with Crippen LogP contribution in [0.5, 0.6) is 0 Å². The number of H-pyrrole nitrogens is 1. The zero-order valence-corrected chi connectivity index (χ0v) is 10.9. The fraction of sp³-hybridized carbons (Fsp3) is 0.231. The molecule has 0 saturated heterocycles. The van der Waals surface area contributed by atoms with Crippen LogP contribution < -0.4 is 0 Å². The van der Waals surface area contributed by atoms with E-state index in [0.29, 0.717) is 33.7 Å². The van der Waals surface area contributed by atoms with Gasteiger partial charge in [0.05, 0.1) is 5.69 Å². The summed E-state index contributed by atoms with van der Waals surface area (Å²) in [6.07, 6.45) is 0.675. The lowest BCUT2D eigenvalue weighted by atomic mass is 10.1. The number of halogens is 2. The highest BCUT2D eigenvalue weighted by Crippen LogP contribution is 2.23. The SMILES string of the molecule is CCc1nc(=S)c(C)c(-c2cc(F)cc(F)c2)[nH]1. The molecule has 2 nitrogen and oxygen atoms in total. The highest BCUT2D eigenvalue weighted by Gasteiger charge is 2.09. The molecule has 0 amide bonds. The number of nitrogens with one attached hydrogen (secondary N) is 1. The highest BCUT2D eigenvalue weighted by molar-refractivity contribution is 7.71. The molecule has 2 rings (SSSR count). The van der Waals surface area contributed by atoms with Crippen molar-refractivity contribution in [3.05, 3.63) is 45.9 Å². The summed E-state index contributed by atoms with van der Waals surface area (Å²) in [5.41, 5.74) is 1.77. The van der Waals surface area contributed by atoms with Crippen LogP contribution in [0.4, 0.5) is 8.78 Å². The van der Waals surface area contributed by atoms with Crippen LogP contribution in [0.2, 0.25) is 0 Å². The van der Waals surface area contributed by atoms with E-state index in [1.54, 1.807) is 6.92 Å². The smallest absolute Gasteiger partial charge is 0.133 e. The lowest BCUT2D eigenvalue weighted by molar-refractivity contribution is 0.584. The van der Waals surface area contributed by atoms with Gasteiger partial charge in [0.2, 0.25) is 0 Å². The molecule has 18 heavy (non-hydrogen) atoms. The van der Waals surface area contributed by atoms with Crippen LogP contribution >= 0.6 is 12.2 Å². The third kappa shape index (κ3) is 2.46. The van der Waals surface area contributed by atoms with E-state index < -0.39 is 11.6 Å². The van der Waals surface area contributed by atoms with Crippen molar-refractivity contribution in [3.63, 3.8) is 0 Å². The van der Waals surface area contributed by atoms with Gasteiger partial charge in [-0.2, -0.15) is 0 Å². The monoisotopic (exact) mass is 266 g/mol. The molecule has 0 unspecified atom stereocenters. The van der Waals surface area contributed by atoms with E-state index in [0.717, 1.165) is 6.07 Å². The molecule has 0 bridgehead atoms. The number of aromatic amines is 1. The third-order valence-electron chi connectivity index (χ3n) is 2.69. The highest BCUT2D eigenvalue weighted by atomic mass is 32.1. The standard InChI is InChI=1S/C13H12F2N2S/c1-3-11-16-12(7(2)13(18)17-11)8-4-9(14)6-10(15)5-8/h4-6H,3H2,1-2H3,(H,16,17,18). The van der Waals surface area contributed by atoms with Crippen LogP contribution in [0.15, 0.2) is 18.2 Å². The number of hydrogen-bond acceptors (Lipinski definition) is 2. The first-order chi connectivity index (χ1) is 8.51. The van der Waals surface area contributed by atoms with E-state index in [2.05, 4.69) is 9.97 Å². The molecule has 0 aliphatic rings. The second-order valence-corrected chi connectivity index (χ2v) is 4.39. The summed E-state index contributed by atoms with van der Waals surface area (Å²) >= 11 is 5.14. The van der Waals surface area contributed by atoms with E-state index in [1.807, 2.05) is 6.92 Å². The first kappa shape index (κ1) is 12.8. The topological polar surface area (TPSA) is 28.7 Å². The molecule has 1 N–H and O–H groups in total. The Morgan fingerprint density at radius 2 is 1.83 bits per heavy atom. The molecule has 0 saturated carbocycles. The Bertz CT molecular complexity index is 630. The molecule has 94 valence electrons. The zero-order chi connectivity index (χ0) is 13.3. The van der Waals surface area contributed by atoms with E-state index in [1.165, 1.54) is 12.1 Å². The Hall–Kier alpha value is -1.62. The molecule has 1 aromatic heterocycles. The molecule has 0 spiro atoms. The maximum absolute atomic E-state index is 13.2. The lowest BCUT2D eigenvalue weighted by Crippen LogP contribution is -2.00. The summed E-state index contributed by atoms with van der Waals surface area (Å²) in [5, 5.41) is 0. The number of nitrogens with zero attached hydrogens (tertiary/aromatic N) is 1. The first-order valence-electron chi connectivity index (χ1n) is 5.57. The molecular weight excluding hydrogens is 254 g/mol. The van der Waals surface area contributed by atoms with E-state index in [9.17, 15) is 8.78 Å². The van der Waals surface area contributed by atoms with E-state index in [-0.39, 0.29) is 0 Å². The number of hydrogen-bond donors (Lipinski definition) is 1. The summed E-state index contributed by atoms with van der Waals surface area (Å²) in [7, 11) is 0. The minimum absolute atomic E-state index is 0.438. The molecule has 1 aromatic carbocycles. The molecule has 0 aliphatic heterocycles. The Labute approximate surface area is 109 Å². The molecular formula is C13H12F2N2S. The Kier molecular flexibility index (Phi) is 3.52. The minimum atomic E-state index is -0.612. The van der Waals surface area contributed by atoms with Gasteiger partial charge in [-0.3, -0.25) is 0 Å². The maximum atomic E-state index is 13.2. The summed E-state index contributed by atoms with van der Waals surface area (Å²) in [4.78, 5) is 7.26. The molecule has 1 heterocycles. The summed E-state index contributed by atoms with van der Waals surface area (Å²) in [5.74, 6) is -0.526. The summed E-state index contributed by atoms with van der Waals surface area (Å²) in [6.45, 7) is 3.71. The second-order valence-electron chi connectivity index (χ2n) is 4.00. The average molecular weight is 266 g/mol. The number of aromatic nitrogens is 2. The van der Waals surface area contributed by atoms with Crippen molar-refractivity contribution in [1.82, 2.24) is 9.97 Å². The second kappa shape index (κ2) is 4.94. The Balaban J connectivity index is 2.69. The van der Waals surface area contributed by atoms with Crippen molar-refractivity contribution < 1.29 is 8.78 Å². The Morgan fingerprint density at radius 3 is 2.39 bits per heavy atom. The van der Waals surface area contributed by atoms with Gasteiger partial charge in [-0.25, -0.2) is 13.8 Å². The lowest BCUT2D eigenvalue weighted by Gasteiger charge is -2.09. The molecule has 0 aliphatic carbocycles. The predicted octanol–water partition coefficient (Wildman–Crippen LogP) is 3.96. The fourth-order valence-electron chi connectivity index (χ4n) is 1.73. The van der Waals surface area contributed by atoms with Crippen LogP contribution in [0.3, 0.4) is 0 Å². The van der Waals surface area contributed by atoms with E-state index in [4.69, 9.17) is 12.2 Å². The quantitative estimate of drug-likeness (QED) is 0.834. The molecule has 2 aromatic rings. The predicted molar refractivity (Wildman–Crippen MR) is 68.9 cm³/mol. The van der Waals surface area contributed by atoms with Crippen molar-refractivity contribution in [2.24, 2.45) is 0 Å². The normalized spacial score (nSPS) is 10.7. The van der Waals surface area contributed by atoms with Crippen molar-refractivity contribution in [3.8, 4) is 11.3 Å². The van der Waals surface area contributed by atoms with Gasteiger partial charge in [-0.05, 0) is 19.1 Å². The van der Waals surface area contributed by atoms with Crippen LogP contribution in [0.25, 0.3) is 11.3 Å². The number of aryl methyl sites for hydroxylation is 1. The van der Waals surface area contributed by atoms with Crippen molar-refractivity contribution in [1.29, 1.82) is 0 Å². The van der Waals surface area contributed by atoms with Gasteiger partial charge in [-0.1, -0.05) is 19.1 Å². The molecule has 0 atom stereocenters. The van der Waals surface area contributed by atoms with Crippen molar-refractivity contribution in [2.75, 3.05) is 0 Å². The zero-order valence-electron chi connectivity index (χ0n) is 10.1. The van der Waals surface area contributed by atoms with Gasteiger partial charge in [0.15, 0.2) is 0 Å². The largest absolute Gasteiger partial charge is 0.343 e. The number of benzene rings is 1. The fourth-order valence-corrected chi connectivity index (χ4v) is 1.95. The molecule has 0 fully saturated rings. The van der Waals surface area contributed by atoms with Crippen LogP contribution in [0, 0.1) is 23.2 Å². The summed E-state index contributed by atoms with van der Waals surface area (Å²) < 4.78 is 26.9. The van der Waals surface area contributed by atoms with Gasteiger partial charge in [0.1, 0.15) is 22.1 Å². The molecule has 5 heteroatoms. The maximum Gasteiger partial charge on any atom is 0.133 e. The number of rotatable bonds is 2. The van der Waals surface area contributed by atoms with Gasteiger partial charge < -0.3 is 4.98 Å². The van der Waals surface area contributed by atoms with Gasteiger partial charge in [0.25, 0.3) is 0 Å². The average Bonchev–Trinajstić information content (AvgIpc) is 2.31. The van der Waals surface area contributed by atoms with Gasteiger partial charge in [-0.15, -0.1) is 0 Å². The van der Waals surface area contributed by atoms with Crippen LogP contribution in [-0.2, 0) is 6.42 Å². The first-order valence-corrected chi connectivity index (χ1v) is 5.98. The van der Waals surface area contributed by atoms with Crippen molar-refractivity contribution >= 4 is 12.2 Å². The van der Waals surface area contributed by atoms with Crippen LogP contribution in [0.1, 0.15) is 18.3 Å². The summed E-state index contributed by atoms with van der Waals surface area (Å²) in [6, 6.07) is 3.39. The Morgan fingerprint density at radius 1 is 1.22 bits per heavy atom. The third-order valence-corrected chi connectivity index (χ3v) is 3.09. The van der Waals surface area contributed by atoms with Crippen molar-refractivity contribution in [2.45, 2.75) is 20.3 Å². The van der Waals surface area contributed by atoms with Gasteiger partial charge >= 0.3 is 0 Å². The molecule has 0 radical (unpaired) electrons. The van der Waals surface area contributed by atoms with Gasteiger partial charge in [0, 0.05) is 23.6 Å².